The summed E-state index contributed by atoms with van der Waals surface area (Å²) in [5.41, 5.74) is 2.58. The lowest BCUT2D eigenvalue weighted by molar-refractivity contribution is -0.114. The van der Waals surface area contributed by atoms with E-state index in [0.29, 0.717) is 16.8 Å². The Balaban J connectivity index is 2.09. The highest BCUT2D eigenvalue weighted by Crippen LogP contribution is 2.37. The number of carbonyl (C=O) groups excluding carboxylic acids is 1. The molecular weight excluding hydrogens is 430 g/mol. The number of hydrogen-bond donors (Lipinski definition) is 2. The maximum Gasteiger partial charge on any atom is 0.265 e. The second-order valence-electron chi connectivity index (χ2n) is 6.61. The van der Waals surface area contributed by atoms with Gasteiger partial charge in [-0.05, 0) is 49.2 Å². The molecule has 10 heteroatoms. The molecule has 0 atom stereocenters. The van der Waals surface area contributed by atoms with Crippen molar-refractivity contribution in [2.24, 2.45) is 0 Å². The largest absolute Gasteiger partial charge is 0.495 e. The van der Waals surface area contributed by atoms with Crippen molar-refractivity contribution in [2.45, 2.75) is 25.7 Å². The first-order valence-electron chi connectivity index (χ1n) is 8.83. The molecule has 0 aliphatic carbocycles. The molecule has 8 nitrogen and oxygen atoms in total. The van der Waals surface area contributed by atoms with Gasteiger partial charge in [0.2, 0.25) is 11.8 Å². The van der Waals surface area contributed by atoms with Crippen LogP contribution in [0.4, 0.5) is 11.6 Å². The van der Waals surface area contributed by atoms with E-state index in [0.717, 1.165) is 5.56 Å². The van der Waals surface area contributed by atoms with Crippen LogP contribution in [0.1, 0.15) is 18.2 Å². The van der Waals surface area contributed by atoms with Crippen LogP contribution < -0.4 is 14.8 Å². The molecule has 1 heterocycles. The van der Waals surface area contributed by atoms with Gasteiger partial charge in [0.1, 0.15) is 10.6 Å². The zero-order valence-corrected chi connectivity index (χ0v) is 18.3. The molecule has 30 heavy (non-hydrogen) atoms. The molecule has 3 aromatic rings. The number of amides is 1. The van der Waals surface area contributed by atoms with E-state index in [1.807, 2.05) is 6.92 Å². The predicted molar refractivity (Wildman–Crippen MR) is 115 cm³/mol. The molecule has 2 aromatic carbocycles. The molecule has 0 bridgehead atoms. The van der Waals surface area contributed by atoms with Crippen molar-refractivity contribution >= 4 is 39.1 Å². The van der Waals surface area contributed by atoms with Crippen LogP contribution in [0, 0.1) is 13.8 Å². The van der Waals surface area contributed by atoms with Crippen molar-refractivity contribution in [3.05, 3.63) is 52.7 Å². The van der Waals surface area contributed by atoms with Gasteiger partial charge in [0, 0.05) is 6.92 Å². The van der Waals surface area contributed by atoms with Crippen LogP contribution in [0.25, 0.3) is 11.1 Å². The topological polar surface area (TPSA) is 111 Å². The second-order valence-corrected chi connectivity index (χ2v) is 8.67. The maximum absolute atomic E-state index is 13.1. The third-order valence-electron chi connectivity index (χ3n) is 4.26. The van der Waals surface area contributed by atoms with E-state index < -0.39 is 10.0 Å². The Hall–Kier alpha value is -3.04. The van der Waals surface area contributed by atoms with Crippen molar-refractivity contribution in [3.63, 3.8) is 0 Å². The molecule has 0 saturated heterocycles. The first-order valence-corrected chi connectivity index (χ1v) is 10.7. The first kappa shape index (κ1) is 21.7. The van der Waals surface area contributed by atoms with Crippen LogP contribution in [0.2, 0.25) is 5.02 Å². The van der Waals surface area contributed by atoms with Crippen molar-refractivity contribution in [3.8, 4) is 16.9 Å². The van der Waals surface area contributed by atoms with Gasteiger partial charge in [0.15, 0.2) is 0 Å². The van der Waals surface area contributed by atoms with Crippen LogP contribution in [-0.4, -0.2) is 26.6 Å². The molecule has 1 amide bonds. The lowest BCUT2D eigenvalue weighted by atomic mass is 10.1. The molecule has 0 unspecified atom stereocenters. The number of aryl methyl sites for hydroxylation is 2. The van der Waals surface area contributed by atoms with E-state index in [-0.39, 0.29) is 33.1 Å². The fourth-order valence-electron chi connectivity index (χ4n) is 2.90. The number of anilines is 2. The predicted octanol–water partition coefficient (Wildman–Crippen LogP) is 4.38. The summed E-state index contributed by atoms with van der Waals surface area (Å²) in [6.45, 7) is 4.87. The molecule has 0 aliphatic heterocycles. The number of nitrogens with zero attached hydrogens (tertiary/aromatic N) is 1. The smallest absolute Gasteiger partial charge is 0.265 e. The number of halogens is 1. The summed E-state index contributed by atoms with van der Waals surface area (Å²) in [6.07, 6.45) is 0. The Morgan fingerprint density at radius 3 is 2.53 bits per heavy atom. The van der Waals surface area contributed by atoms with Crippen molar-refractivity contribution in [1.29, 1.82) is 0 Å². The highest BCUT2D eigenvalue weighted by atomic mass is 35.5. The van der Waals surface area contributed by atoms with Gasteiger partial charge in [-0.25, -0.2) is 8.42 Å². The van der Waals surface area contributed by atoms with E-state index in [9.17, 15) is 13.2 Å². The quantitative estimate of drug-likeness (QED) is 0.577. The molecule has 0 saturated carbocycles. The van der Waals surface area contributed by atoms with Crippen LogP contribution >= 0.6 is 11.6 Å². The molecule has 1 aromatic heterocycles. The number of methoxy groups -OCH3 is 1. The number of aromatic nitrogens is 1. The molecule has 0 aliphatic rings. The van der Waals surface area contributed by atoms with Gasteiger partial charge >= 0.3 is 0 Å². The van der Waals surface area contributed by atoms with Gasteiger partial charge < -0.3 is 9.26 Å². The van der Waals surface area contributed by atoms with Gasteiger partial charge in [-0.3, -0.25) is 14.8 Å². The van der Waals surface area contributed by atoms with Gasteiger partial charge in [-0.1, -0.05) is 28.9 Å². The number of benzene rings is 2. The van der Waals surface area contributed by atoms with Crippen LogP contribution in [0.3, 0.4) is 0 Å². The molecule has 0 spiro atoms. The summed E-state index contributed by atoms with van der Waals surface area (Å²) >= 11 is 6.18. The molecule has 158 valence electrons. The number of ether oxygens (including phenoxy) is 1. The van der Waals surface area contributed by atoms with Gasteiger partial charge in [-0.2, -0.15) is 0 Å². The summed E-state index contributed by atoms with van der Waals surface area (Å²) < 4.78 is 39.2. The number of nitrogens with one attached hydrogen (secondary N) is 2. The van der Waals surface area contributed by atoms with E-state index in [4.69, 9.17) is 20.9 Å². The molecular formula is C20H20ClN3O5S. The molecule has 2 N–H and O–H groups in total. The normalized spacial score (nSPS) is 11.2. The Morgan fingerprint density at radius 2 is 1.90 bits per heavy atom. The fraction of sp³-hybridized carbons (Fsp3) is 0.200. The van der Waals surface area contributed by atoms with Crippen LogP contribution in [0.15, 0.2) is 45.8 Å². The standard InChI is InChI=1S/C20H20ClN3O5S/c1-11-5-7-16(15(21)9-11)24-30(26,27)18-10-14(6-8-17(18)28-4)19-12(2)23-29-20(19)22-13(3)25/h5-10,24H,1-4H3,(H,22,25). The van der Waals surface area contributed by atoms with Crippen LogP contribution in [-0.2, 0) is 14.8 Å². The SMILES string of the molecule is COc1ccc(-c2c(C)noc2NC(C)=O)cc1S(=O)(=O)Nc1ccc(C)cc1Cl. The van der Waals surface area contributed by atoms with Crippen LogP contribution in [0.5, 0.6) is 5.75 Å². The summed E-state index contributed by atoms with van der Waals surface area (Å²) in [5, 5.41) is 6.69. The van der Waals surface area contributed by atoms with E-state index in [1.165, 1.54) is 26.2 Å². The highest BCUT2D eigenvalue weighted by molar-refractivity contribution is 7.92. The lowest BCUT2D eigenvalue weighted by Gasteiger charge is -2.14. The summed E-state index contributed by atoms with van der Waals surface area (Å²) in [7, 11) is -2.68. The number of carbonyl (C=O) groups is 1. The minimum absolute atomic E-state index is 0.103. The highest BCUT2D eigenvalue weighted by Gasteiger charge is 2.24. The number of hydrogen-bond acceptors (Lipinski definition) is 6. The molecule has 0 fully saturated rings. The van der Waals surface area contributed by atoms with Crippen molar-refractivity contribution < 1.29 is 22.5 Å². The third-order valence-corrected chi connectivity index (χ3v) is 5.96. The zero-order chi connectivity index (χ0) is 22.1. The summed E-state index contributed by atoms with van der Waals surface area (Å²) in [5.74, 6) is -0.0721. The Bertz CT molecular complexity index is 1220. The van der Waals surface area contributed by atoms with Gasteiger partial charge in [0.05, 0.1) is 29.1 Å². The monoisotopic (exact) mass is 449 g/mol. The lowest BCUT2D eigenvalue weighted by Crippen LogP contribution is -2.14. The van der Waals surface area contributed by atoms with E-state index >= 15 is 0 Å². The first-order chi connectivity index (χ1) is 14.1. The zero-order valence-electron chi connectivity index (χ0n) is 16.7. The fourth-order valence-corrected chi connectivity index (χ4v) is 4.51. The number of rotatable bonds is 6. The maximum atomic E-state index is 13.1. The summed E-state index contributed by atoms with van der Waals surface area (Å²) in [4.78, 5) is 11.4. The Labute approximate surface area is 179 Å². The Morgan fingerprint density at radius 1 is 1.17 bits per heavy atom. The minimum atomic E-state index is -4.05. The van der Waals surface area contributed by atoms with Crippen molar-refractivity contribution in [2.75, 3.05) is 17.1 Å². The molecule has 0 radical (unpaired) electrons. The third kappa shape index (κ3) is 4.42. The van der Waals surface area contributed by atoms with E-state index in [1.54, 1.807) is 31.2 Å². The van der Waals surface area contributed by atoms with Crippen molar-refractivity contribution in [1.82, 2.24) is 5.16 Å². The van der Waals surface area contributed by atoms with Gasteiger partial charge in [-0.15, -0.1) is 0 Å². The molecule has 3 rings (SSSR count). The Kier molecular flexibility index (Phi) is 6.04. The average Bonchev–Trinajstić information content (AvgIpc) is 3.03. The minimum Gasteiger partial charge on any atom is -0.495 e. The number of sulfonamides is 1. The summed E-state index contributed by atoms with van der Waals surface area (Å²) in [6, 6.07) is 9.59. The van der Waals surface area contributed by atoms with Gasteiger partial charge in [0.25, 0.3) is 10.0 Å². The van der Waals surface area contributed by atoms with E-state index in [2.05, 4.69) is 15.2 Å². The second kappa shape index (κ2) is 8.37. The average molecular weight is 450 g/mol.